The lowest BCUT2D eigenvalue weighted by Gasteiger charge is -2.08. The zero-order valence-electron chi connectivity index (χ0n) is 10.3. The third-order valence-corrected chi connectivity index (χ3v) is 3.53. The fourth-order valence-corrected chi connectivity index (χ4v) is 2.44. The van der Waals surface area contributed by atoms with Gasteiger partial charge in [-0.25, -0.2) is 4.98 Å². The number of ether oxygens (including phenoxy) is 1. The zero-order chi connectivity index (χ0) is 14.1. The number of nitrogen functional groups attached to an aromatic ring is 1. The number of fused-ring (bicyclic) bond motifs is 1. The Bertz CT molecular complexity index is 792. The molecule has 3 rings (SSSR count). The van der Waals surface area contributed by atoms with Gasteiger partial charge in [0, 0.05) is 10.7 Å². The van der Waals surface area contributed by atoms with Crippen molar-refractivity contribution >= 4 is 44.0 Å². The monoisotopic (exact) mass is 348 g/mol. The molecule has 5 heteroatoms. The summed E-state index contributed by atoms with van der Waals surface area (Å²) in [6.07, 6.45) is 1.51. The van der Waals surface area contributed by atoms with E-state index in [4.69, 9.17) is 22.1 Å². The van der Waals surface area contributed by atoms with Crippen molar-refractivity contribution in [1.29, 1.82) is 0 Å². The van der Waals surface area contributed by atoms with Gasteiger partial charge in [0.1, 0.15) is 5.75 Å². The summed E-state index contributed by atoms with van der Waals surface area (Å²) in [5, 5.41) is 2.69. The Hall–Kier alpha value is -1.78. The molecule has 0 aliphatic carbocycles. The lowest BCUT2D eigenvalue weighted by atomic mass is 10.1. The molecule has 0 atom stereocenters. The van der Waals surface area contributed by atoms with E-state index in [0.29, 0.717) is 22.3 Å². The van der Waals surface area contributed by atoms with E-state index in [1.807, 2.05) is 36.4 Å². The highest BCUT2D eigenvalue weighted by atomic mass is 79.9. The molecule has 3 nitrogen and oxygen atoms in total. The van der Waals surface area contributed by atoms with Crippen LogP contribution in [0.2, 0.25) is 5.02 Å². The maximum absolute atomic E-state index is 5.82. The van der Waals surface area contributed by atoms with Gasteiger partial charge in [-0.15, -0.1) is 0 Å². The molecule has 0 aliphatic rings. The Kier molecular flexibility index (Phi) is 3.51. The van der Waals surface area contributed by atoms with Crippen LogP contribution in [0.4, 0.5) is 5.69 Å². The summed E-state index contributed by atoms with van der Waals surface area (Å²) in [5.41, 5.74) is 6.23. The number of hydrogen-bond donors (Lipinski definition) is 1. The summed E-state index contributed by atoms with van der Waals surface area (Å²) in [6.45, 7) is 0. The number of pyridine rings is 1. The van der Waals surface area contributed by atoms with Crippen LogP contribution >= 0.6 is 27.5 Å². The van der Waals surface area contributed by atoms with E-state index in [1.165, 1.54) is 6.20 Å². The van der Waals surface area contributed by atoms with E-state index in [0.717, 1.165) is 15.2 Å². The first-order valence-electron chi connectivity index (χ1n) is 5.90. The highest BCUT2D eigenvalue weighted by molar-refractivity contribution is 9.10. The average Bonchev–Trinajstić information content (AvgIpc) is 2.42. The summed E-state index contributed by atoms with van der Waals surface area (Å²) in [6, 6.07) is 13.5. The lowest BCUT2D eigenvalue weighted by Crippen LogP contribution is -1.94. The van der Waals surface area contributed by atoms with Gasteiger partial charge in [-0.05, 0) is 41.1 Å². The van der Waals surface area contributed by atoms with Gasteiger partial charge < -0.3 is 10.5 Å². The molecule has 0 fully saturated rings. The van der Waals surface area contributed by atoms with E-state index in [-0.39, 0.29) is 0 Å². The maximum Gasteiger partial charge on any atom is 0.242 e. The van der Waals surface area contributed by atoms with Crippen LogP contribution in [0.5, 0.6) is 11.6 Å². The summed E-state index contributed by atoms with van der Waals surface area (Å²) >= 11 is 9.26. The quantitative estimate of drug-likeness (QED) is 0.706. The molecule has 0 saturated heterocycles. The Balaban J connectivity index is 1.96. The summed E-state index contributed by atoms with van der Waals surface area (Å²) < 4.78 is 6.74. The molecule has 0 aliphatic heterocycles. The van der Waals surface area contributed by atoms with Crippen molar-refractivity contribution in [3.05, 3.63) is 58.2 Å². The van der Waals surface area contributed by atoms with E-state index in [9.17, 15) is 0 Å². The fraction of sp³-hybridized carbons (Fsp3) is 0. The number of benzene rings is 2. The van der Waals surface area contributed by atoms with Crippen molar-refractivity contribution in [3.63, 3.8) is 0 Å². The van der Waals surface area contributed by atoms with Crippen molar-refractivity contribution < 1.29 is 4.74 Å². The number of anilines is 1. The maximum atomic E-state index is 5.82. The van der Waals surface area contributed by atoms with Gasteiger partial charge in [0.2, 0.25) is 5.88 Å². The van der Waals surface area contributed by atoms with Crippen LogP contribution in [0, 0.1) is 0 Å². The van der Waals surface area contributed by atoms with Gasteiger partial charge in [-0.1, -0.05) is 39.7 Å². The highest BCUT2D eigenvalue weighted by Gasteiger charge is 2.05. The smallest absolute Gasteiger partial charge is 0.242 e. The van der Waals surface area contributed by atoms with Crippen LogP contribution in [0.25, 0.3) is 10.8 Å². The van der Waals surface area contributed by atoms with Crippen molar-refractivity contribution in [3.8, 4) is 11.6 Å². The number of hydrogen-bond acceptors (Lipinski definition) is 3. The third-order valence-electron chi connectivity index (χ3n) is 2.83. The first kappa shape index (κ1) is 13.2. The molecule has 0 bridgehead atoms. The standard InChI is InChI=1S/C15H10BrClN2O/c16-11-3-1-10-6-13(4-2-9(10)5-11)20-15-14(18)7-12(17)8-19-15/h1-8H,18H2. The zero-order valence-corrected chi connectivity index (χ0v) is 12.6. The second-order valence-electron chi connectivity index (χ2n) is 4.30. The molecule has 0 amide bonds. The molecule has 1 aromatic heterocycles. The van der Waals surface area contributed by atoms with E-state index in [1.54, 1.807) is 6.07 Å². The molecule has 0 spiro atoms. The number of aromatic nitrogens is 1. The van der Waals surface area contributed by atoms with Crippen LogP contribution in [0.1, 0.15) is 0 Å². The van der Waals surface area contributed by atoms with Gasteiger partial charge in [-0.2, -0.15) is 0 Å². The number of nitrogens with two attached hydrogens (primary N) is 1. The van der Waals surface area contributed by atoms with Crippen LogP contribution < -0.4 is 10.5 Å². The number of rotatable bonds is 2. The Morgan fingerprint density at radius 1 is 1.05 bits per heavy atom. The van der Waals surface area contributed by atoms with Crippen LogP contribution in [0.3, 0.4) is 0 Å². The van der Waals surface area contributed by atoms with Gasteiger partial charge in [0.25, 0.3) is 0 Å². The average molecular weight is 350 g/mol. The number of nitrogens with zero attached hydrogens (tertiary/aromatic N) is 1. The minimum absolute atomic E-state index is 0.353. The lowest BCUT2D eigenvalue weighted by molar-refractivity contribution is 0.466. The Morgan fingerprint density at radius 2 is 1.80 bits per heavy atom. The largest absolute Gasteiger partial charge is 0.437 e. The molecule has 1 heterocycles. The Morgan fingerprint density at radius 3 is 2.60 bits per heavy atom. The highest BCUT2D eigenvalue weighted by Crippen LogP contribution is 2.30. The predicted molar refractivity (Wildman–Crippen MR) is 85.4 cm³/mol. The minimum atomic E-state index is 0.353. The van der Waals surface area contributed by atoms with Crippen molar-refractivity contribution in [2.75, 3.05) is 5.73 Å². The normalized spacial score (nSPS) is 10.7. The fourth-order valence-electron chi connectivity index (χ4n) is 1.90. The molecule has 0 radical (unpaired) electrons. The first-order chi connectivity index (χ1) is 9.61. The van der Waals surface area contributed by atoms with Crippen LogP contribution in [-0.4, -0.2) is 4.98 Å². The topological polar surface area (TPSA) is 48.1 Å². The second kappa shape index (κ2) is 5.31. The van der Waals surface area contributed by atoms with E-state index >= 15 is 0 Å². The molecule has 100 valence electrons. The van der Waals surface area contributed by atoms with Crippen LogP contribution in [0.15, 0.2) is 53.1 Å². The van der Waals surface area contributed by atoms with Crippen LogP contribution in [-0.2, 0) is 0 Å². The predicted octanol–water partition coefficient (Wildman–Crippen LogP) is 5.03. The van der Waals surface area contributed by atoms with Crippen molar-refractivity contribution in [2.24, 2.45) is 0 Å². The minimum Gasteiger partial charge on any atom is -0.437 e. The Labute approximate surface area is 129 Å². The van der Waals surface area contributed by atoms with E-state index in [2.05, 4.69) is 20.9 Å². The summed E-state index contributed by atoms with van der Waals surface area (Å²) in [7, 11) is 0. The third kappa shape index (κ3) is 2.71. The van der Waals surface area contributed by atoms with Gasteiger partial charge in [-0.3, -0.25) is 0 Å². The van der Waals surface area contributed by atoms with Crippen molar-refractivity contribution in [1.82, 2.24) is 4.98 Å². The van der Waals surface area contributed by atoms with Gasteiger partial charge >= 0.3 is 0 Å². The summed E-state index contributed by atoms with van der Waals surface area (Å²) in [5.74, 6) is 1.03. The molecule has 3 aromatic rings. The molecular weight excluding hydrogens is 340 g/mol. The van der Waals surface area contributed by atoms with Crippen molar-refractivity contribution in [2.45, 2.75) is 0 Å². The SMILES string of the molecule is Nc1cc(Cl)cnc1Oc1ccc2cc(Br)ccc2c1. The molecule has 0 saturated carbocycles. The first-order valence-corrected chi connectivity index (χ1v) is 7.07. The molecule has 2 aromatic carbocycles. The van der Waals surface area contributed by atoms with Gasteiger partial charge in [0.15, 0.2) is 0 Å². The summed E-state index contributed by atoms with van der Waals surface area (Å²) in [4.78, 5) is 4.08. The number of halogens is 2. The second-order valence-corrected chi connectivity index (χ2v) is 5.66. The molecule has 20 heavy (non-hydrogen) atoms. The molecule has 0 unspecified atom stereocenters. The molecular formula is C15H10BrClN2O. The van der Waals surface area contributed by atoms with E-state index < -0.39 is 0 Å². The van der Waals surface area contributed by atoms with Gasteiger partial charge in [0.05, 0.1) is 10.7 Å². The molecule has 2 N–H and O–H groups in total.